The number of aromatic nitrogens is 2. The van der Waals surface area contributed by atoms with Crippen LogP contribution in [0.25, 0.3) is 0 Å². The molecule has 0 aromatic carbocycles. The van der Waals surface area contributed by atoms with E-state index in [0.29, 0.717) is 6.61 Å². The molecule has 172 valence electrons. The van der Waals surface area contributed by atoms with Gasteiger partial charge in [-0.15, -0.1) is 0 Å². The lowest BCUT2D eigenvalue weighted by Crippen LogP contribution is -2.13. The topological polar surface area (TPSA) is 175 Å². The number of aliphatic hydroxyl groups excluding tert-OH is 1. The molecule has 0 saturated carbocycles. The summed E-state index contributed by atoms with van der Waals surface area (Å²) in [5.74, 6) is 6.64. The van der Waals surface area contributed by atoms with Gasteiger partial charge >= 0.3 is 17.9 Å². The minimum Gasteiger partial charge on any atom is -0.461 e. The van der Waals surface area contributed by atoms with Crippen LogP contribution in [0.4, 0.5) is 0 Å². The van der Waals surface area contributed by atoms with Crippen molar-refractivity contribution >= 4 is 17.9 Å². The van der Waals surface area contributed by atoms with Gasteiger partial charge in [0.15, 0.2) is 0 Å². The Balaban J connectivity index is -0.000000385. The zero-order valence-electron chi connectivity index (χ0n) is 18.2. The summed E-state index contributed by atoms with van der Waals surface area (Å²) in [6.07, 6.45) is 0. The van der Waals surface area contributed by atoms with Crippen LogP contribution in [0.5, 0.6) is 0 Å². The van der Waals surface area contributed by atoms with Crippen molar-refractivity contribution in [1.29, 1.82) is 0 Å². The van der Waals surface area contributed by atoms with Crippen molar-refractivity contribution in [3.05, 3.63) is 22.1 Å². The normalized spacial score (nSPS) is 8.27. The molecule has 1 aromatic rings. The fraction of sp³-hybridized carbons (Fsp3) is 0.556. The standard InChI is InChI=1S/C8H10O4.C7H10N2O3.C2H6O.CH6N2/c1-3-11-7(9)5-6-8(10)12-4-2;1-3-12-7(11)5-4-6(10)8-9(5)2;1-2-3;1-3-2/h3-4H2,1-2H3;4H,3H2,1-2H3,(H,8,10);2*3H,2H2,1H3. The number of hydrogen-bond acceptors (Lipinski definition) is 10. The Bertz CT molecular complexity index is 692. The summed E-state index contributed by atoms with van der Waals surface area (Å²) in [6.45, 7) is 7.75. The fourth-order valence-electron chi connectivity index (χ4n) is 1.32. The highest BCUT2D eigenvalue weighted by Crippen LogP contribution is 1.95. The Kier molecular flexibility index (Phi) is 23.3. The van der Waals surface area contributed by atoms with E-state index in [0.717, 1.165) is 0 Å². The van der Waals surface area contributed by atoms with Crippen molar-refractivity contribution < 1.29 is 33.7 Å². The summed E-state index contributed by atoms with van der Waals surface area (Å²) < 4.78 is 14.9. The molecule has 0 radical (unpaired) electrons. The number of aliphatic hydroxyl groups is 1. The monoisotopic (exact) mass is 432 g/mol. The van der Waals surface area contributed by atoms with Crippen LogP contribution in [0.15, 0.2) is 10.9 Å². The van der Waals surface area contributed by atoms with Gasteiger partial charge in [-0.2, -0.15) is 0 Å². The molecule has 1 rings (SSSR count). The highest BCUT2D eigenvalue weighted by Gasteiger charge is 2.11. The number of rotatable bonds is 4. The van der Waals surface area contributed by atoms with Crippen LogP contribution in [0.2, 0.25) is 0 Å². The number of esters is 3. The lowest BCUT2D eigenvalue weighted by Gasteiger charge is -2.00. The van der Waals surface area contributed by atoms with Gasteiger partial charge in [0.1, 0.15) is 5.69 Å². The minimum absolute atomic E-state index is 0.238. The maximum Gasteiger partial charge on any atom is 0.384 e. The molecule has 12 heteroatoms. The van der Waals surface area contributed by atoms with Gasteiger partial charge in [0, 0.05) is 31.6 Å². The lowest BCUT2D eigenvalue weighted by molar-refractivity contribution is -0.138. The third kappa shape index (κ3) is 19.6. The summed E-state index contributed by atoms with van der Waals surface area (Å²) in [4.78, 5) is 42.9. The summed E-state index contributed by atoms with van der Waals surface area (Å²) >= 11 is 0. The molecule has 0 aliphatic rings. The Labute approximate surface area is 175 Å². The second-order valence-electron chi connectivity index (χ2n) is 4.58. The minimum atomic E-state index is -0.717. The molecule has 5 N–H and O–H groups in total. The second kappa shape index (κ2) is 22.2. The van der Waals surface area contributed by atoms with Crippen molar-refractivity contribution in [1.82, 2.24) is 15.2 Å². The van der Waals surface area contributed by atoms with Crippen LogP contribution >= 0.6 is 0 Å². The molecule has 0 fully saturated rings. The molecule has 1 aromatic heterocycles. The van der Waals surface area contributed by atoms with Gasteiger partial charge in [-0.1, -0.05) is 0 Å². The third-order valence-electron chi connectivity index (χ3n) is 2.21. The van der Waals surface area contributed by atoms with E-state index in [-0.39, 0.29) is 31.1 Å². The van der Waals surface area contributed by atoms with E-state index in [1.807, 2.05) is 11.8 Å². The average molecular weight is 432 g/mol. The van der Waals surface area contributed by atoms with E-state index in [1.165, 1.54) is 10.7 Å². The number of nitrogens with one attached hydrogen (secondary N) is 2. The predicted molar refractivity (Wildman–Crippen MR) is 109 cm³/mol. The fourth-order valence-corrected chi connectivity index (χ4v) is 1.32. The Morgan fingerprint density at radius 1 is 1.07 bits per heavy atom. The molecule has 0 saturated heterocycles. The molecular formula is C18H32N4O8. The number of nitrogens with zero attached hydrogens (tertiary/aromatic N) is 1. The summed E-state index contributed by atoms with van der Waals surface area (Å²) in [5.41, 5.74) is 2.18. The molecule has 1 heterocycles. The van der Waals surface area contributed by atoms with E-state index in [9.17, 15) is 19.2 Å². The number of nitrogens with two attached hydrogens (primary N) is 1. The van der Waals surface area contributed by atoms with Gasteiger partial charge in [0.25, 0.3) is 5.56 Å². The van der Waals surface area contributed by atoms with Gasteiger partial charge in [0.2, 0.25) is 0 Å². The maximum absolute atomic E-state index is 11.1. The Hall–Kier alpha value is -3.14. The molecule has 0 aliphatic carbocycles. The average Bonchev–Trinajstić information content (AvgIpc) is 3.01. The van der Waals surface area contributed by atoms with Crippen molar-refractivity contribution in [2.75, 3.05) is 33.5 Å². The quantitative estimate of drug-likeness (QED) is 0.116. The molecule has 0 atom stereocenters. The van der Waals surface area contributed by atoms with Gasteiger partial charge in [-0.05, 0) is 34.7 Å². The highest BCUT2D eigenvalue weighted by molar-refractivity contribution is 5.98. The Morgan fingerprint density at radius 3 is 1.70 bits per heavy atom. The van der Waals surface area contributed by atoms with Crippen LogP contribution in [0.1, 0.15) is 38.2 Å². The number of aryl methyl sites for hydroxylation is 1. The number of aromatic amines is 1. The van der Waals surface area contributed by atoms with E-state index < -0.39 is 17.9 Å². The van der Waals surface area contributed by atoms with Crippen LogP contribution in [-0.2, 0) is 30.8 Å². The number of hydrazine groups is 1. The molecular weight excluding hydrogens is 400 g/mol. The molecule has 0 unspecified atom stereocenters. The molecule has 0 bridgehead atoms. The SMILES string of the molecule is CCO.CCOC(=O)C#CC(=O)OCC.CCOC(=O)c1cc(=O)[nH]n1C.CNN. The summed E-state index contributed by atoms with van der Waals surface area (Å²) in [7, 11) is 3.23. The first-order chi connectivity index (χ1) is 14.2. The van der Waals surface area contributed by atoms with Crippen LogP contribution in [-0.4, -0.2) is 66.3 Å². The van der Waals surface area contributed by atoms with Crippen molar-refractivity contribution in [2.24, 2.45) is 12.9 Å². The highest BCUT2D eigenvalue weighted by atomic mass is 16.5. The molecule has 0 aliphatic heterocycles. The smallest absolute Gasteiger partial charge is 0.384 e. The van der Waals surface area contributed by atoms with Crippen molar-refractivity contribution in [3.63, 3.8) is 0 Å². The number of carbonyl (C=O) groups excluding carboxylic acids is 3. The van der Waals surface area contributed by atoms with Crippen molar-refractivity contribution in [2.45, 2.75) is 27.7 Å². The zero-order valence-corrected chi connectivity index (χ0v) is 18.2. The number of carbonyl (C=O) groups is 3. The molecule has 0 amide bonds. The predicted octanol–water partition coefficient (Wildman–Crippen LogP) is -0.916. The largest absolute Gasteiger partial charge is 0.461 e. The summed E-state index contributed by atoms with van der Waals surface area (Å²) in [6, 6.07) is 1.21. The second-order valence-corrected chi connectivity index (χ2v) is 4.58. The Morgan fingerprint density at radius 2 is 1.43 bits per heavy atom. The van der Waals surface area contributed by atoms with E-state index >= 15 is 0 Å². The van der Waals surface area contributed by atoms with Gasteiger partial charge < -0.3 is 19.3 Å². The van der Waals surface area contributed by atoms with Gasteiger partial charge in [-0.3, -0.25) is 25.8 Å². The molecule has 12 nitrogen and oxygen atoms in total. The van der Waals surface area contributed by atoms with E-state index in [2.05, 4.69) is 25.8 Å². The number of ether oxygens (including phenoxy) is 3. The van der Waals surface area contributed by atoms with Gasteiger partial charge in [-0.25, -0.2) is 14.4 Å². The van der Waals surface area contributed by atoms with E-state index in [4.69, 9.17) is 9.84 Å². The van der Waals surface area contributed by atoms with Crippen molar-refractivity contribution in [3.8, 4) is 11.8 Å². The van der Waals surface area contributed by atoms with Crippen LogP contribution in [0, 0.1) is 11.8 Å². The van der Waals surface area contributed by atoms with Crippen LogP contribution < -0.4 is 16.8 Å². The molecule has 0 spiro atoms. The van der Waals surface area contributed by atoms with E-state index in [1.54, 1.807) is 41.8 Å². The first kappa shape index (κ1) is 31.6. The lowest BCUT2D eigenvalue weighted by atomic mass is 10.4. The molecule has 30 heavy (non-hydrogen) atoms. The van der Waals surface area contributed by atoms with Crippen LogP contribution in [0.3, 0.4) is 0 Å². The zero-order chi connectivity index (χ0) is 23.9. The maximum atomic E-state index is 11.1. The first-order valence-corrected chi connectivity index (χ1v) is 8.95. The summed E-state index contributed by atoms with van der Waals surface area (Å²) in [5, 5.41) is 9.98. The van der Waals surface area contributed by atoms with Gasteiger partial charge in [0.05, 0.1) is 19.8 Å². The number of H-pyrrole nitrogens is 1. The third-order valence-corrected chi connectivity index (χ3v) is 2.21. The first-order valence-electron chi connectivity index (χ1n) is 8.95. The number of hydrogen-bond donors (Lipinski definition) is 4.